The normalized spacial score (nSPS) is 26.5. The lowest BCUT2D eigenvalue weighted by Crippen LogP contribution is -2.70. The van der Waals surface area contributed by atoms with Crippen molar-refractivity contribution in [2.75, 3.05) is 46.5 Å². The van der Waals surface area contributed by atoms with Gasteiger partial charge in [0.25, 0.3) is 0 Å². The average molecular weight is 885 g/mol. The lowest BCUT2D eigenvalue weighted by molar-refractivity contribution is -0.157. The number of ether oxygens (including phenoxy) is 6. The van der Waals surface area contributed by atoms with Crippen molar-refractivity contribution in [2.45, 2.75) is 67.7 Å². The first-order chi connectivity index (χ1) is 31.0. The van der Waals surface area contributed by atoms with E-state index in [1.54, 1.807) is 18.2 Å². The van der Waals surface area contributed by atoms with Crippen molar-refractivity contribution < 1.29 is 48.2 Å². The number of phenols is 2. The number of methoxy groups -OCH3 is 2. The molecule has 0 radical (unpaired) electrons. The van der Waals surface area contributed by atoms with Crippen LogP contribution in [0.25, 0.3) is 6.08 Å². The Bertz CT molecular complexity index is 2680. The van der Waals surface area contributed by atoms with Gasteiger partial charge in [0.1, 0.15) is 18.4 Å². The highest BCUT2D eigenvalue weighted by Crippen LogP contribution is 2.65. The quantitative estimate of drug-likeness (QED) is 0.0824. The fraction of sp³-hybridized carbons (Fsp3) is 0.367. The molecule has 1 unspecified atom stereocenters. The van der Waals surface area contributed by atoms with Crippen LogP contribution in [0.3, 0.4) is 0 Å². The van der Waals surface area contributed by atoms with E-state index in [1.165, 1.54) is 32.1 Å². The van der Waals surface area contributed by atoms with Crippen molar-refractivity contribution in [3.8, 4) is 46.3 Å². The van der Waals surface area contributed by atoms with Gasteiger partial charge in [-0.15, -0.1) is 18.3 Å². The highest BCUT2D eigenvalue weighted by molar-refractivity contribution is 7.99. The third kappa shape index (κ3) is 6.25. The molecule has 0 aliphatic carbocycles. The van der Waals surface area contributed by atoms with E-state index in [-0.39, 0.29) is 48.2 Å². The number of esters is 2. The second kappa shape index (κ2) is 16.1. The molecule has 11 rings (SSSR count). The Morgan fingerprint density at radius 2 is 1.84 bits per heavy atom. The van der Waals surface area contributed by atoms with Gasteiger partial charge in [-0.2, -0.15) is 5.26 Å². The van der Waals surface area contributed by atoms with Crippen molar-refractivity contribution in [1.82, 2.24) is 15.1 Å². The predicted octanol–water partition coefficient (Wildman–Crippen LogP) is 6.24. The Morgan fingerprint density at radius 3 is 2.59 bits per heavy atom. The molecule has 3 N–H and O–H groups in total. The molecule has 2 saturated heterocycles. The van der Waals surface area contributed by atoms with Gasteiger partial charge < -0.3 is 38.6 Å². The van der Waals surface area contributed by atoms with Crippen molar-refractivity contribution in [3.63, 3.8) is 0 Å². The summed E-state index contributed by atoms with van der Waals surface area (Å²) in [4.78, 5) is 33.5. The second-order valence-electron chi connectivity index (χ2n) is 17.0. The van der Waals surface area contributed by atoms with E-state index >= 15 is 4.79 Å². The number of aromatic hydroxyl groups is 2. The number of thioether (sulfide) groups is 1. The number of nitriles is 1. The molecular weight excluding hydrogens is 837 g/mol. The Morgan fingerprint density at radius 1 is 1.05 bits per heavy atom. The molecule has 1 spiro atoms. The molecule has 7 heterocycles. The van der Waals surface area contributed by atoms with Crippen LogP contribution in [0, 0.1) is 25.2 Å². The van der Waals surface area contributed by atoms with Gasteiger partial charge >= 0.3 is 11.9 Å². The van der Waals surface area contributed by atoms with Gasteiger partial charge in [-0.3, -0.25) is 15.1 Å². The van der Waals surface area contributed by atoms with Gasteiger partial charge in [-0.1, -0.05) is 42.5 Å². The van der Waals surface area contributed by atoms with Gasteiger partial charge in [0, 0.05) is 59.3 Å². The second-order valence-corrected chi connectivity index (χ2v) is 18.1. The number of aryl methyl sites for hydroxylation is 1. The third-order valence-corrected chi connectivity index (χ3v) is 15.2. The number of hydrogen-bond donors (Lipinski definition) is 3. The van der Waals surface area contributed by atoms with Crippen LogP contribution in [0.5, 0.6) is 40.2 Å². The number of phenolic OH excluding ortho intramolecular Hbond substituents is 2. The zero-order valence-electron chi connectivity index (χ0n) is 35.9. The molecule has 4 aromatic rings. The highest BCUT2D eigenvalue weighted by atomic mass is 32.2. The van der Waals surface area contributed by atoms with E-state index < -0.39 is 46.9 Å². The zero-order valence-corrected chi connectivity index (χ0v) is 36.7. The minimum atomic E-state index is -1.41. The number of hydrogen-bond acceptors (Lipinski definition) is 15. The van der Waals surface area contributed by atoms with E-state index in [9.17, 15) is 20.3 Å². The summed E-state index contributed by atoms with van der Waals surface area (Å²) in [6.45, 7) is 8.35. The number of nitrogens with one attached hydrogen (secondary N) is 1. The average Bonchev–Trinajstić information content (AvgIpc) is 3.79. The lowest BCUT2D eigenvalue weighted by Gasteiger charge is -2.62. The fourth-order valence-corrected chi connectivity index (χ4v) is 12.8. The first kappa shape index (κ1) is 41.8. The molecule has 7 atom stereocenters. The van der Waals surface area contributed by atoms with Crippen LogP contribution in [-0.2, 0) is 32.7 Å². The Hall–Kier alpha value is -6.18. The Labute approximate surface area is 374 Å². The van der Waals surface area contributed by atoms with Crippen molar-refractivity contribution in [2.24, 2.45) is 0 Å². The summed E-state index contributed by atoms with van der Waals surface area (Å²) in [6.07, 6.45) is 5.87. The Balaban J connectivity index is 1.24. The number of rotatable bonds is 7. The number of nitrogens with zero attached hydrogens (tertiary/aromatic N) is 3. The largest absolute Gasteiger partial charge is 0.504 e. The summed E-state index contributed by atoms with van der Waals surface area (Å²) in [6, 6.07) is 14.4. The van der Waals surface area contributed by atoms with Crippen molar-refractivity contribution >= 4 is 29.8 Å². The summed E-state index contributed by atoms with van der Waals surface area (Å²) < 4.78 is 36.9. The minimum Gasteiger partial charge on any atom is -0.504 e. The van der Waals surface area contributed by atoms with Crippen LogP contribution in [-0.4, -0.2) is 96.5 Å². The molecule has 7 aliphatic rings. The van der Waals surface area contributed by atoms with Crippen LogP contribution >= 0.6 is 11.8 Å². The van der Waals surface area contributed by atoms with Crippen molar-refractivity contribution in [3.05, 3.63) is 117 Å². The number of fused-ring (bicyclic) bond motifs is 9. The maximum absolute atomic E-state index is 15.0. The van der Waals surface area contributed by atoms with Crippen LogP contribution in [0.4, 0.5) is 0 Å². The summed E-state index contributed by atoms with van der Waals surface area (Å²) in [5, 5.41) is 37.5. The SMILES string of the molecule is C=CCN1[C@@H]2c3c(cc(C)c(OC)c3O)C[C@H]1[C@H](C#N)N1C2[C@@H]2SC[C@]3(NCCc4cc(O)c(OC)cc43)C(=O)OC[C@H]1c1c3c(c(C)c(OC(=O)C=Cc4ccccc4)c12)OCO3. The summed E-state index contributed by atoms with van der Waals surface area (Å²) >= 11 is 1.46. The van der Waals surface area contributed by atoms with E-state index in [2.05, 4.69) is 27.8 Å². The molecule has 2 fully saturated rings. The maximum Gasteiger partial charge on any atom is 0.336 e. The highest BCUT2D eigenvalue weighted by Gasteiger charge is 2.62. The molecule has 330 valence electrons. The summed E-state index contributed by atoms with van der Waals surface area (Å²) in [5.41, 5.74) is 4.94. The lowest BCUT2D eigenvalue weighted by atomic mass is 9.71. The van der Waals surface area contributed by atoms with Gasteiger partial charge in [-0.05, 0) is 72.7 Å². The number of piperazine rings is 1. The molecule has 64 heavy (non-hydrogen) atoms. The zero-order chi connectivity index (χ0) is 44.6. The summed E-state index contributed by atoms with van der Waals surface area (Å²) in [7, 11) is 3.00. The van der Waals surface area contributed by atoms with E-state index in [0.29, 0.717) is 71.0 Å². The molecule has 15 heteroatoms. The van der Waals surface area contributed by atoms with E-state index in [4.69, 9.17) is 28.4 Å². The van der Waals surface area contributed by atoms with Crippen LogP contribution in [0.15, 0.2) is 67.3 Å². The summed E-state index contributed by atoms with van der Waals surface area (Å²) in [5.74, 6) is 0.619. The fourth-order valence-electron chi connectivity index (χ4n) is 11.2. The molecule has 4 aromatic carbocycles. The smallest absolute Gasteiger partial charge is 0.336 e. The standard InChI is InChI=1S/C49H48N4O10S/c1-6-16-52-31-18-29-17-25(2)43(59-5)42(56)37(29)40(52)41-47-39-38(46-45(61-24-62-46)26(3)44(39)63-36(55)13-12-27-10-8-7-9-11-27)33(53(41)32(31)21-50)22-60-48(57)49(23-64-47)30-20-35(58-4)34(54)19-28(30)14-15-51-49/h6-13,17,19-20,31-33,40-41,47,51,54,56H,1,14-16,18,22-24H2,2-5H3/t31-,32-,33-,40+,41?,47+,49+/m0/s1. The van der Waals surface area contributed by atoms with E-state index in [0.717, 1.165) is 22.3 Å². The topological polar surface area (TPSA) is 172 Å². The van der Waals surface area contributed by atoms with E-state index in [1.807, 2.05) is 56.3 Å². The molecule has 7 aliphatic heterocycles. The number of benzene rings is 4. The third-order valence-electron chi connectivity index (χ3n) is 13.8. The van der Waals surface area contributed by atoms with Crippen molar-refractivity contribution in [1.29, 1.82) is 5.26 Å². The maximum atomic E-state index is 15.0. The molecule has 0 saturated carbocycles. The number of carbonyl (C=O) groups is 2. The molecule has 0 amide bonds. The van der Waals surface area contributed by atoms with Gasteiger partial charge in [-0.25, -0.2) is 9.59 Å². The minimum absolute atomic E-state index is 0.0146. The van der Waals surface area contributed by atoms with Gasteiger partial charge in [0.05, 0.1) is 37.6 Å². The van der Waals surface area contributed by atoms with Crippen LogP contribution in [0.1, 0.15) is 67.4 Å². The predicted molar refractivity (Wildman–Crippen MR) is 237 cm³/mol. The first-order valence-corrected chi connectivity index (χ1v) is 22.4. The van der Waals surface area contributed by atoms with Crippen LogP contribution in [0.2, 0.25) is 0 Å². The van der Waals surface area contributed by atoms with Gasteiger partial charge in [0.15, 0.2) is 40.0 Å². The number of carbonyl (C=O) groups excluding carboxylic acids is 2. The molecule has 4 bridgehead atoms. The molecule has 0 aromatic heterocycles. The van der Waals surface area contributed by atoms with Gasteiger partial charge in [0.2, 0.25) is 6.79 Å². The Kier molecular flexibility index (Phi) is 10.5. The van der Waals surface area contributed by atoms with Crippen LogP contribution < -0.4 is 29.0 Å². The first-order valence-electron chi connectivity index (χ1n) is 21.3. The molecular formula is C49H48N4O10S. The monoisotopic (exact) mass is 884 g/mol. The molecule has 14 nitrogen and oxygen atoms in total.